The summed E-state index contributed by atoms with van der Waals surface area (Å²) in [5.74, 6) is -0.392. The Balaban J connectivity index is 1.81. The molecule has 0 aliphatic heterocycles. The van der Waals surface area contributed by atoms with Crippen molar-refractivity contribution in [1.82, 2.24) is 9.88 Å². The lowest BCUT2D eigenvalue weighted by molar-refractivity contribution is -0.122. The number of rotatable bonds is 6. The van der Waals surface area contributed by atoms with Crippen molar-refractivity contribution in [3.8, 4) is 0 Å². The van der Waals surface area contributed by atoms with Gasteiger partial charge in [0, 0.05) is 11.1 Å². The fourth-order valence-corrected chi connectivity index (χ4v) is 3.17. The van der Waals surface area contributed by atoms with E-state index in [0.717, 1.165) is 12.0 Å². The number of carbonyl (C=O) groups excluding carboxylic acids is 1. The molecule has 0 aliphatic carbocycles. The molecule has 1 amide bonds. The van der Waals surface area contributed by atoms with Gasteiger partial charge in [-0.25, -0.2) is 4.79 Å². The molecule has 6 heteroatoms. The number of aromatic nitrogens is 1. The van der Waals surface area contributed by atoms with E-state index in [4.69, 9.17) is 16.0 Å². The molecule has 0 bridgehead atoms. The lowest BCUT2D eigenvalue weighted by Crippen LogP contribution is -2.34. The molecule has 0 aliphatic rings. The number of hydrogen-bond acceptors (Lipinski definition) is 3. The van der Waals surface area contributed by atoms with Gasteiger partial charge in [-0.05, 0) is 30.0 Å². The van der Waals surface area contributed by atoms with Crippen LogP contribution < -0.4 is 11.1 Å². The van der Waals surface area contributed by atoms with Crippen molar-refractivity contribution in [2.45, 2.75) is 32.9 Å². The predicted octanol–water partition coefficient (Wildman–Crippen LogP) is 4.15. The number of fused-ring (bicyclic) bond motifs is 1. The molecule has 1 heterocycles. The van der Waals surface area contributed by atoms with Gasteiger partial charge in [0.25, 0.3) is 0 Å². The van der Waals surface area contributed by atoms with Gasteiger partial charge in [0.2, 0.25) is 5.91 Å². The second-order valence-corrected chi connectivity index (χ2v) is 7.16. The van der Waals surface area contributed by atoms with E-state index < -0.39 is 5.76 Å². The summed E-state index contributed by atoms with van der Waals surface area (Å²) in [5, 5.41) is 3.52. The average Bonchev–Trinajstić information content (AvgIpc) is 2.89. The minimum atomic E-state index is -0.572. The van der Waals surface area contributed by atoms with Crippen molar-refractivity contribution in [1.29, 1.82) is 0 Å². The van der Waals surface area contributed by atoms with Crippen LogP contribution in [0.25, 0.3) is 11.1 Å². The molecule has 0 radical (unpaired) electrons. The monoisotopic (exact) mass is 372 g/mol. The van der Waals surface area contributed by atoms with Crippen LogP contribution in [-0.4, -0.2) is 10.5 Å². The number of hydrogen-bond donors (Lipinski definition) is 1. The zero-order valence-corrected chi connectivity index (χ0v) is 15.5. The van der Waals surface area contributed by atoms with Crippen LogP contribution in [0.3, 0.4) is 0 Å². The maximum absolute atomic E-state index is 12.6. The van der Waals surface area contributed by atoms with E-state index in [0.29, 0.717) is 22.0 Å². The molecular formula is C20H21ClN2O3. The molecule has 5 nitrogen and oxygen atoms in total. The molecular weight excluding hydrogens is 352 g/mol. The number of benzene rings is 2. The minimum absolute atomic E-state index is 0.102. The molecule has 1 atom stereocenters. The molecule has 0 unspecified atom stereocenters. The molecule has 0 fully saturated rings. The van der Waals surface area contributed by atoms with Crippen LogP contribution >= 0.6 is 11.6 Å². The second-order valence-electron chi connectivity index (χ2n) is 6.73. The molecule has 0 saturated heterocycles. The molecule has 3 rings (SSSR count). The van der Waals surface area contributed by atoms with Crippen LogP contribution in [0.15, 0.2) is 57.7 Å². The summed E-state index contributed by atoms with van der Waals surface area (Å²) < 4.78 is 6.50. The quantitative estimate of drug-likeness (QED) is 0.706. The molecule has 2 aromatic carbocycles. The van der Waals surface area contributed by atoms with Crippen LogP contribution in [0.2, 0.25) is 5.02 Å². The second kappa shape index (κ2) is 7.79. The number of carbonyl (C=O) groups is 1. The first-order valence-corrected chi connectivity index (χ1v) is 8.95. The fraction of sp³-hybridized carbons (Fsp3) is 0.300. The van der Waals surface area contributed by atoms with Crippen molar-refractivity contribution in [2.24, 2.45) is 5.92 Å². The van der Waals surface area contributed by atoms with Gasteiger partial charge in [0.05, 0.1) is 11.6 Å². The van der Waals surface area contributed by atoms with Gasteiger partial charge in [-0.3, -0.25) is 9.36 Å². The molecule has 0 spiro atoms. The number of nitrogens with zero attached hydrogens (tertiary/aromatic N) is 1. The SMILES string of the molecule is CC(C)C[C@@H](NC(=O)Cn1c(=O)oc2cc(Cl)ccc21)c1ccccc1. The Bertz CT molecular complexity index is 960. The summed E-state index contributed by atoms with van der Waals surface area (Å²) in [5.41, 5.74) is 1.97. The van der Waals surface area contributed by atoms with Crippen LogP contribution in [0.1, 0.15) is 31.9 Å². The highest BCUT2D eigenvalue weighted by Gasteiger charge is 2.18. The summed E-state index contributed by atoms with van der Waals surface area (Å²) in [6.07, 6.45) is 0.812. The Kier molecular flexibility index (Phi) is 5.47. The predicted molar refractivity (Wildman–Crippen MR) is 102 cm³/mol. The van der Waals surface area contributed by atoms with E-state index >= 15 is 0 Å². The Labute approximate surface area is 156 Å². The highest BCUT2D eigenvalue weighted by molar-refractivity contribution is 6.31. The number of nitrogens with one attached hydrogen (secondary N) is 1. The summed E-state index contributed by atoms with van der Waals surface area (Å²) >= 11 is 5.92. The van der Waals surface area contributed by atoms with Gasteiger partial charge in [-0.2, -0.15) is 0 Å². The third-order valence-electron chi connectivity index (χ3n) is 4.18. The topological polar surface area (TPSA) is 64.2 Å². The zero-order chi connectivity index (χ0) is 18.7. The largest absolute Gasteiger partial charge is 0.420 e. The maximum Gasteiger partial charge on any atom is 0.420 e. The number of amides is 1. The summed E-state index contributed by atoms with van der Waals surface area (Å²) in [7, 11) is 0. The van der Waals surface area contributed by atoms with E-state index in [1.165, 1.54) is 4.57 Å². The number of oxazole rings is 1. The lowest BCUT2D eigenvalue weighted by Gasteiger charge is -2.21. The Hall–Kier alpha value is -2.53. The Morgan fingerprint density at radius 3 is 2.62 bits per heavy atom. The van der Waals surface area contributed by atoms with E-state index in [-0.39, 0.29) is 18.5 Å². The van der Waals surface area contributed by atoms with Crippen molar-refractivity contribution in [3.05, 3.63) is 69.7 Å². The Morgan fingerprint density at radius 2 is 1.92 bits per heavy atom. The fourth-order valence-electron chi connectivity index (χ4n) is 3.01. The molecule has 0 saturated carbocycles. The van der Waals surface area contributed by atoms with Gasteiger partial charge < -0.3 is 9.73 Å². The van der Waals surface area contributed by atoms with Crippen LogP contribution in [0, 0.1) is 5.92 Å². The smallest absolute Gasteiger partial charge is 0.408 e. The molecule has 26 heavy (non-hydrogen) atoms. The molecule has 136 valence electrons. The minimum Gasteiger partial charge on any atom is -0.408 e. The van der Waals surface area contributed by atoms with Gasteiger partial charge >= 0.3 is 5.76 Å². The van der Waals surface area contributed by atoms with Crippen molar-refractivity contribution in [3.63, 3.8) is 0 Å². The van der Waals surface area contributed by atoms with Gasteiger partial charge in [-0.15, -0.1) is 0 Å². The van der Waals surface area contributed by atoms with Gasteiger partial charge in [0.15, 0.2) is 5.58 Å². The highest BCUT2D eigenvalue weighted by atomic mass is 35.5. The number of halogens is 1. The first-order valence-electron chi connectivity index (χ1n) is 8.57. The van der Waals surface area contributed by atoms with E-state index in [1.54, 1.807) is 18.2 Å². The molecule has 3 aromatic rings. The molecule has 1 N–H and O–H groups in total. The molecule has 1 aromatic heterocycles. The van der Waals surface area contributed by atoms with Gasteiger partial charge in [0.1, 0.15) is 6.54 Å². The highest BCUT2D eigenvalue weighted by Crippen LogP contribution is 2.22. The third-order valence-corrected chi connectivity index (χ3v) is 4.41. The average molecular weight is 373 g/mol. The normalized spacial score (nSPS) is 12.5. The first kappa shape index (κ1) is 18.3. The van der Waals surface area contributed by atoms with Crippen LogP contribution in [0.5, 0.6) is 0 Å². The first-order chi connectivity index (χ1) is 12.4. The van der Waals surface area contributed by atoms with Crippen molar-refractivity contribution < 1.29 is 9.21 Å². The third kappa shape index (κ3) is 4.17. The van der Waals surface area contributed by atoms with Gasteiger partial charge in [-0.1, -0.05) is 55.8 Å². The van der Waals surface area contributed by atoms with E-state index in [2.05, 4.69) is 19.2 Å². The Morgan fingerprint density at radius 1 is 1.19 bits per heavy atom. The summed E-state index contributed by atoms with van der Waals surface area (Å²) in [4.78, 5) is 24.7. The van der Waals surface area contributed by atoms with Crippen molar-refractivity contribution in [2.75, 3.05) is 0 Å². The standard InChI is InChI=1S/C20H21ClN2O3/c1-13(2)10-16(14-6-4-3-5-7-14)22-19(24)12-23-17-9-8-15(21)11-18(17)26-20(23)25/h3-9,11,13,16H,10,12H2,1-2H3,(H,22,24)/t16-/m1/s1. The zero-order valence-electron chi connectivity index (χ0n) is 14.7. The van der Waals surface area contributed by atoms with Crippen LogP contribution in [-0.2, 0) is 11.3 Å². The maximum atomic E-state index is 12.6. The lowest BCUT2D eigenvalue weighted by atomic mass is 9.97. The summed E-state index contributed by atoms with van der Waals surface area (Å²) in [6, 6.07) is 14.6. The van der Waals surface area contributed by atoms with E-state index in [9.17, 15) is 9.59 Å². The van der Waals surface area contributed by atoms with Crippen LogP contribution in [0.4, 0.5) is 0 Å². The summed E-state index contributed by atoms with van der Waals surface area (Å²) in [6.45, 7) is 4.12. The van der Waals surface area contributed by atoms with Crippen molar-refractivity contribution >= 4 is 28.6 Å². The van der Waals surface area contributed by atoms with E-state index in [1.807, 2.05) is 30.3 Å².